The van der Waals surface area contributed by atoms with Crippen LogP contribution in [0.2, 0.25) is 26.2 Å². The molecule has 1 N–H and O–H groups in total. The lowest BCUT2D eigenvalue weighted by molar-refractivity contribution is 0.737. The minimum absolute atomic E-state index is 1.06. The van der Waals surface area contributed by atoms with E-state index in [1.165, 1.54) is 19.3 Å². The van der Waals surface area contributed by atoms with Crippen LogP contribution in [0.1, 0.15) is 32.6 Å². The van der Waals surface area contributed by atoms with Crippen LogP contribution in [0.25, 0.3) is 0 Å². The molecule has 3 heteroatoms. The van der Waals surface area contributed by atoms with Gasteiger partial charge < -0.3 is 4.65 Å². The van der Waals surface area contributed by atoms with E-state index in [9.17, 15) is 0 Å². The molecule has 0 aliphatic heterocycles. The van der Waals surface area contributed by atoms with Crippen LogP contribution in [0.3, 0.4) is 0 Å². The van der Waals surface area contributed by atoms with Gasteiger partial charge in [-0.05, 0) is 19.5 Å². The molecule has 1 nitrogen and oxygen atoms in total. The van der Waals surface area contributed by atoms with E-state index in [2.05, 4.69) is 61.5 Å². The third kappa shape index (κ3) is 7.92. The Morgan fingerprint density at radius 1 is 1.19 bits per heavy atom. The molecule has 0 amide bonds. The predicted octanol–water partition coefficient (Wildman–Crippen LogP) is 3.83. The smallest absolute Gasteiger partial charge is 0.195 e. The van der Waals surface area contributed by atoms with E-state index in [4.69, 9.17) is 0 Å². The van der Waals surface area contributed by atoms with Crippen LogP contribution in [0, 0.1) is 11.5 Å². The maximum absolute atomic E-state index is 3.91. The average molecular weight is 254 g/mol. The maximum atomic E-state index is 3.91. The molecular formula is C13H27NSi2. The van der Waals surface area contributed by atoms with Gasteiger partial charge in [0.1, 0.15) is 8.24 Å². The zero-order chi connectivity index (χ0) is 12.7. The van der Waals surface area contributed by atoms with Crippen molar-refractivity contribution in [3.8, 4) is 11.5 Å². The fourth-order valence-electron chi connectivity index (χ4n) is 1.63. The molecule has 0 saturated carbocycles. The first-order valence-electron chi connectivity index (χ1n) is 6.26. The highest BCUT2D eigenvalue weighted by Gasteiger charge is 2.27. The SMILES string of the molecule is C=C[Si](C)(C)N[Si](C)(C)C#CCCCCC. The summed E-state index contributed by atoms with van der Waals surface area (Å²) in [5.41, 5.74) is 5.57. The van der Waals surface area contributed by atoms with E-state index < -0.39 is 16.5 Å². The quantitative estimate of drug-likeness (QED) is 0.431. The van der Waals surface area contributed by atoms with Gasteiger partial charge in [-0.1, -0.05) is 38.6 Å². The zero-order valence-corrected chi connectivity index (χ0v) is 13.6. The van der Waals surface area contributed by atoms with Crippen LogP contribution in [0.5, 0.6) is 0 Å². The van der Waals surface area contributed by atoms with Crippen molar-refractivity contribution in [1.82, 2.24) is 4.65 Å². The van der Waals surface area contributed by atoms with Crippen molar-refractivity contribution in [2.24, 2.45) is 0 Å². The minimum Gasteiger partial charge on any atom is -0.347 e. The molecule has 0 unspecified atom stereocenters. The number of hydrogen-bond donors (Lipinski definition) is 1. The summed E-state index contributed by atoms with van der Waals surface area (Å²) >= 11 is 0. The maximum Gasteiger partial charge on any atom is 0.195 e. The van der Waals surface area contributed by atoms with Crippen LogP contribution in [0.15, 0.2) is 12.3 Å². The molecule has 0 fully saturated rings. The molecule has 92 valence electrons. The molecule has 0 atom stereocenters. The van der Waals surface area contributed by atoms with Crippen molar-refractivity contribution in [1.29, 1.82) is 0 Å². The summed E-state index contributed by atoms with van der Waals surface area (Å²) in [5.74, 6) is 3.34. The molecule has 0 saturated heterocycles. The summed E-state index contributed by atoms with van der Waals surface area (Å²) in [6, 6.07) is 0. The lowest BCUT2D eigenvalue weighted by atomic mass is 10.2. The minimum atomic E-state index is -1.54. The predicted molar refractivity (Wildman–Crippen MR) is 80.2 cm³/mol. The van der Waals surface area contributed by atoms with Crippen LogP contribution in [0.4, 0.5) is 0 Å². The third-order valence-corrected chi connectivity index (χ3v) is 9.35. The molecule has 0 radical (unpaired) electrons. The van der Waals surface area contributed by atoms with Crippen molar-refractivity contribution in [3.63, 3.8) is 0 Å². The Morgan fingerprint density at radius 3 is 2.31 bits per heavy atom. The first kappa shape index (κ1) is 15.7. The molecule has 16 heavy (non-hydrogen) atoms. The zero-order valence-electron chi connectivity index (χ0n) is 11.6. The van der Waals surface area contributed by atoms with E-state index >= 15 is 0 Å². The molecule has 0 rings (SSSR count). The second-order valence-electron chi connectivity index (χ2n) is 5.43. The van der Waals surface area contributed by atoms with Gasteiger partial charge in [-0.15, -0.1) is 18.0 Å². The monoisotopic (exact) mass is 253 g/mol. The Hall–Kier alpha value is -0.306. The molecule has 0 aliphatic rings. The fourth-order valence-corrected chi connectivity index (χ4v) is 9.30. The number of hydrogen-bond acceptors (Lipinski definition) is 1. The van der Waals surface area contributed by atoms with Crippen molar-refractivity contribution >= 4 is 16.5 Å². The van der Waals surface area contributed by atoms with E-state index in [1.54, 1.807) is 0 Å². The van der Waals surface area contributed by atoms with Crippen LogP contribution in [-0.4, -0.2) is 16.5 Å². The molecule has 0 aromatic carbocycles. The second kappa shape index (κ2) is 7.10. The van der Waals surface area contributed by atoms with Gasteiger partial charge in [0.25, 0.3) is 0 Å². The molecule has 0 aromatic rings. The Labute approximate surface area is 104 Å². The highest BCUT2D eigenvalue weighted by Crippen LogP contribution is 2.05. The summed E-state index contributed by atoms with van der Waals surface area (Å²) < 4.78 is 3.76. The Kier molecular flexibility index (Phi) is 6.97. The Balaban J connectivity index is 4.17. The molecule has 0 aliphatic carbocycles. The molecule has 0 spiro atoms. The van der Waals surface area contributed by atoms with Gasteiger partial charge in [0.2, 0.25) is 0 Å². The van der Waals surface area contributed by atoms with Crippen LogP contribution in [-0.2, 0) is 0 Å². The third-order valence-electron chi connectivity index (χ3n) is 2.45. The van der Waals surface area contributed by atoms with Crippen LogP contribution < -0.4 is 4.65 Å². The van der Waals surface area contributed by atoms with E-state index in [-0.39, 0.29) is 0 Å². The lowest BCUT2D eigenvalue weighted by Crippen LogP contribution is -2.57. The average Bonchev–Trinajstić information content (AvgIpc) is 2.16. The Bertz CT molecular complexity index is 271. The van der Waals surface area contributed by atoms with Gasteiger partial charge in [-0.25, -0.2) is 0 Å². The van der Waals surface area contributed by atoms with Crippen molar-refractivity contribution < 1.29 is 0 Å². The molecule has 0 aromatic heterocycles. The molecule has 0 bridgehead atoms. The summed E-state index contributed by atoms with van der Waals surface area (Å²) in [6.07, 6.45) is 4.88. The largest absolute Gasteiger partial charge is 0.347 e. The first-order chi connectivity index (χ1) is 7.33. The van der Waals surface area contributed by atoms with Gasteiger partial charge in [0.15, 0.2) is 8.24 Å². The van der Waals surface area contributed by atoms with Gasteiger partial charge in [-0.3, -0.25) is 0 Å². The van der Waals surface area contributed by atoms with E-state index in [1.807, 2.05) is 0 Å². The number of rotatable bonds is 6. The van der Waals surface area contributed by atoms with Gasteiger partial charge in [0, 0.05) is 6.42 Å². The fraction of sp³-hybridized carbons (Fsp3) is 0.692. The van der Waals surface area contributed by atoms with Crippen molar-refractivity contribution in [2.75, 3.05) is 0 Å². The second-order valence-corrected chi connectivity index (χ2v) is 13.8. The number of unbranched alkanes of at least 4 members (excludes halogenated alkanes) is 3. The van der Waals surface area contributed by atoms with Crippen molar-refractivity contribution in [3.05, 3.63) is 12.3 Å². The molecule has 0 heterocycles. The summed E-state index contributed by atoms with van der Waals surface area (Å²) in [4.78, 5) is 0. The normalized spacial score (nSPS) is 11.8. The summed E-state index contributed by atoms with van der Waals surface area (Å²) in [6.45, 7) is 15.3. The topological polar surface area (TPSA) is 12.0 Å². The van der Waals surface area contributed by atoms with Crippen LogP contribution >= 0.6 is 0 Å². The van der Waals surface area contributed by atoms with Gasteiger partial charge >= 0.3 is 0 Å². The standard InChI is InChI=1S/C13H27NSi2/c1-7-9-10-11-12-13-16(5,6)14-15(3,4)8-2/h8,14H,2,7,9-11H2,1,3-6H3. The van der Waals surface area contributed by atoms with Crippen molar-refractivity contribution in [2.45, 2.75) is 58.8 Å². The lowest BCUT2D eigenvalue weighted by Gasteiger charge is -2.28. The highest BCUT2D eigenvalue weighted by molar-refractivity contribution is 6.97. The first-order valence-corrected chi connectivity index (χ1v) is 12.3. The number of nitrogens with one attached hydrogen (secondary N) is 1. The summed E-state index contributed by atoms with van der Waals surface area (Å²) in [5, 5.41) is 0. The highest BCUT2D eigenvalue weighted by atomic mass is 28.4. The van der Waals surface area contributed by atoms with Gasteiger partial charge in [-0.2, -0.15) is 0 Å². The van der Waals surface area contributed by atoms with E-state index in [0.717, 1.165) is 6.42 Å². The summed E-state index contributed by atoms with van der Waals surface area (Å²) in [7, 11) is -2.96. The van der Waals surface area contributed by atoms with Gasteiger partial charge in [0.05, 0.1) is 0 Å². The molecular weight excluding hydrogens is 226 g/mol. The Morgan fingerprint density at radius 2 is 1.81 bits per heavy atom. The van der Waals surface area contributed by atoms with E-state index in [0.29, 0.717) is 0 Å².